The van der Waals surface area contributed by atoms with E-state index in [9.17, 15) is 9.59 Å². The topological polar surface area (TPSA) is 94.5 Å². The first kappa shape index (κ1) is 24.7. The molecule has 1 aromatic carbocycles. The highest BCUT2D eigenvalue weighted by atomic mass is 16.6. The highest BCUT2D eigenvalue weighted by Crippen LogP contribution is 2.15. The molecule has 0 bridgehead atoms. The standard InChI is InChI=1S/C21H33NO7/c1-5-27-19(20(23)24)14-17-6-8-18(9-7-17)28-11-10-22(15-16(2)3)21(25)29-13-12-26-4/h6-9,16,19H,5,10-15H2,1-4H3,(H,23,24). The summed E-state index contributed by atoms with van der Waals surface area (Å²) < 4.78 is 21.0. The zero-order valence-corrected chi connectivity index (χ0v) is 17.8. The predicted molar refractivity (Wildman–Crippen MR) is 108 cm³/mol. The van der Waals surface area contributed by atoms with Crippen LogP contribution in [0.1, 0.15) is 26.3 Å². The number of carbonyl (C=O) groups is 2. The van der Waals surface area contributed by atoms with Crippen LogP contribution in [0.15, 0.2) is 24.3 Å². The summed E-state index contributed by atoms with van der Waals surface area (Å²) in [6.45, 7) is 8.04. The molecule has 0 aliphatic heterocycles. The van der Waals surface area contributed by atoms with Crippen LogP contribution in [0.5, 0.6) is 5.75 Å². The molecule has 0 spiro atoms. The molecule has 8 heteroatoms. The van der Waals surface area contributed by atoms with E-state index >= 15 is 0 Å². The molecule has 1 amide bonds. The molecule has 8 nitrogen and oxygen atoms in total. The Morgan fingerprint density at radius 2 is 1.79 bits per heavy atom. The minimum absolute atomic E-state index is 0.214. The zero-order valence-electron chi connectivity index (χ0n) is 17.8. The fourth-order valence-electron chi connectivity index (χ4n) is 2.63. The molecule has 0 aliphatic rings. The normalized spacial score (nSPS) is 11.9. The van der Waals surface area contributed by atoms with E-state index in [1.165, 1.54) is 0 Å². The molecule has 0 heterocycles. The van der Waals surface area contributed by atoms with Gasteiger partial charge >= 0.3 is 12.1 Å². The second-order valence-corrected chi connectivity index (χ2v) is 6.93. The first-order valence-corrected chi connectivity index (χ1v) is 9.84. The van der Waals surface area contributed by atoms with Gasteiger partial charge in [-0.2, -0.15) is 0 Å². The third-order valence-corrected chi connectivity index (χ3v) is 3.97. The molecule has 0 saturated carbocycles. The second-order valence-electron chi connectivity index (χ2n) is 6.93. The Bertz CT molecular complexity index is 604. The lowest BCUT2D eigenvalue weighted by atomic mass is 10.1. The number of amides is 1. The molecule has 0 radical (unpaired) electrons. The first-order valence-electron chi connectivity index (χ1n) is 9.84. The summed E-state index contributed by atoms with van der Waals surface area (Å²) >= 11 is 0. The van der Waals surface area contributed by atoms with Crippen LogP contribution >= 0.6 is 0 Å². The quantitative estimate of drug-likeness (QED) is 0.470. The highest BCUT2D eigenvalue weighted by Gasteiger charge is 2.18. The summed E-state index contributed by atoms with van der Waals surface area (Å²) in [7, 11) is 1.55. The van der Waals surface area contributed by atoms with Gasteiger partial charge in [0.2, 0.25) is 0 Å². The van der Waals surface area contributed by atoms with Gasteiger partial charge in [0.05, 0.1) is 13.2 Å². The Morgan fingerprint density at radius 3 is 2.34 bits per heavy atom. The minimum Gasteiger partial charge on any atom is -0.492 e. The molecule has 29 heavy (non-hydrogen) atoms. The number of nitrogens with zero attached hydrogens (tertiary/aromatic N) is 1. The number of hydrogen-bond acceptors (Lipinski definition) is 6. The van der Waals surface area contributed by atoms with Crippen molar-refractivity contribution in [2.45, 2.75) is 33.3 Å². The summed E-state index contributed by atoms with van der Waals surface area (Å²) in [5.74, 6) is -0.0270. The van der Waals surface area contributed by atoms with E-state index in [0.717, 1.165) is 5.56 Å². The van der Waals surface area contributed by atoms with Crippen molar-refractivity contribution in [2.75, 3.05) is 46.6 Å². The van der Waals surface area contributed by atoms with Gasteiger partial charge in [-0.1, -0.05) is 26.0 Å². The molecule has 164 valence electrons. The van der Waals surface area contributed by atoms with Crippen LogP contribution in [0.2, 0.25) is 0 Å². The van der Waals surface area contributed by atoms with Crippen LogP contribution in [0.4, 0.5) is 4.79 Å². The van der Waals surface area contributed by atoms with Crippen molar-refractivity contribution in [3.05, 3.63) is 29.8 Å². The van der Waals surface area contributed by atoms with E-state index < -0.39 is 12.1 Å². The van der Waals surface area contributed by atoms with Crippen molar-refractivity contribution in [2.24, 2.45) is 5.92 Å². The molecule has 1 rings (SSSR count). The first-order chi connectivity index (χ1) is 13.9. The van der Waals surface area contributed by atoms with Gasteiger partial charge in [-0.05, 0) is 30.5 Å². The monoisotopic (exact) mass is 411 g/mol. The van der Waals surface area contributed by atoms with Crippen LogP contribution in [0.3, 0.4) is 0 Å². The fourth-order valence-corrected chi connectivity index (χ4v) is 2.63. The maximum atomic E-state index is 12.2. The van der Waals surface area contributed by atoms with Crippen molar-refractivity contribution in [1.29, 1.82) is 0 Å². The number of rotatable bonds is 14. The van der Waals surface area contributed by atoms with Gasteiger partial charge in [0.15, 0.2) is 6.10 Å². The molecule has 0 saturated heterocycles. The van der Waals surface area contributed by atoms with Crippen LogP contribution in [-0.2, 0) is 25.4 Å². The summed E-state index contributed by atoms with van der Waals surface area (Å²) in [5.41, 5.74) is 0.848. The van der Waals surface area contributed by atoms with Crippen molar-refractivity contribution in [3.63, 3.8) is 0 Å². The van der Waals surface area contributed by atoms with Crippen molar-refractivity contribution in [1.82, 2.24) is 4.90 Å². The molecule has 0 aromatic heterocycles. The van der Waals surface area contributed by atoms with Gasteiger partial charge in [0.25, 0.3) is 0 Å². The number of carboxylic acids is 1. The molecule has 1 atom stereocenters. The van der Waals surface area contributed by atoms with Gasteiger partial charge < -0.3 is 29.0 Å². The highest BCUT2D eigenvalue weighted by molar-refractivity contribution is 5.72. The predicted octanol–water partition coefficient (Wildman–Crippen LogP) is 2.84. The van der Waals surface area contributed by atoms with Crippen molar-refractivity contribution >= 4 is 12.1 Å². The molecule has 1 unspecified atom stereocenters. The van der Waals surface area contributed by atoms with Gasteiger partial charge in [0, 0.05) is 26.7 Å². The smallest absolute Gasteiger partial charge is 0.409 e. The number of carbonyl (C=O) groups excluding carboxylic acids is 1. The number of hydrogen-bond donors (Lipinski definition) is 1. The average Bonchev–Trinajstić information content (AvgIpc) is 2.67. The lowest BCUT2D eigenvalue weighted by Crippen LogP contribution is -2.38. The van der Waals surface area contributed by atoms with Crippen LogP contribution < -0.4 is 4.74 Å². The van der Waals surface area contributed by atoms with Crippen molar-refractivity contribution in [3.8, 4) is 5.75 Å². The van der Waals surface area contributed by atoms with E-state index in [0.29, 0.717) is 51.0 Å². The van der Waals surface area contributed by atoms with E-state index in [2.05, 4.69) is 0 Å². The maximum absolute atomic E-state index is 12.2. The lowest BCUT2D eigenvalue weighted by molar-refractivity contribution is -0.149. The third kappa shape index (κ3) is 10.1. The summed E-state index contributed by atoms with van der Waals surface area (Å²) in [6, 6.07) is 7.19. The number of ether oxygens (including phenoxy) is 4. The molecule has 0 aliphatic carbocycles. The summed E-state index contributed by atoms with van der Waals surface area (Å²) in [5, 5.41) is 9.16. The third-order valence-electron chi connectivity index (χ3n) is 3.97. The van der Waals surface area contributed by atoms with E-state index in [1.807, 2.05) is 26.0 Å². The van der Waals surface area contributed by atoms with Gasteiger partial charge in [-0.3, -0.25) is 0 Å². The van der Waals surface area contributed by atoms with Crippen molar-refractivity contribution < 1.29 is 33.6 Å². The van der Waals surface area contributed by atoms with Crippen LogP contribution in [0.25, 0.3) is 0 Å². The van der Waals surface area contributed by atoms with Gasteiger partial charge in [0.1, 0.15) is 19.0 Å². The Balaban J connectivity index is 2.53. The number of carboxylic acid groups (broad SMARTS) is 1. The zero-order chi connectivity index (χ0) is 21.6. The SMILES string of the molecule is CCOC(Cc1ccc(OCCN(CC(C)C)C(=O)OCCOC)cc1)C(=O)O. The molecular formula is C21H33NO7. The Hall–Kier alpha value is -2.32. The minimum atomic E-state index is -0.977. The van der Waals surface area contributed by atoms with Crippen LogP contribution in [-0.4, -0.2) is 74.8 Å². The summed E-state index contributed by atoms with van der Waals surface area (Å²) in [6.07, 6.45) is -0.954. The molecule has 1 aromatic rings. The fraction of sp³-hybridized carbons (Fsp3) is 0.619. The lowest BCUT2D eigenvalue weighted by Gasteiger charge is -2.24. The van der Waals surface area contributed by atoms with E-state index in [-0.39, 0.29) is 12.7 Å². The Morgan fingerprint density at radius 1 is 1.10 bits per heavy atom. The van der Waals surface area contributed by atoms with Gasteiger partial charge in [-0.25, -0.2) is 9.59 Å². The van der Waals surface area contributed by atoms with E-state index in [1.54, 1.807) is 31.1 Å². The van der Waals surface area contributed by atoms with Gasteiger partial charge in [-0.15, -0.1) is 0 Å². The number of methoxy groups -OCH3 is 1. The average molecular weight is 411 g/mol. The molecular weight excluding hydrogens is 378 g/mol. The molecule has 1 N–H and O–H groups in total. The maximum Gasteiger partial charge on any atom is 0.409 e. The number of aliphatic carboxylic acids is 1. The molecule has 0 fully saturated rings. The Kier molecular flexibility index (Phi) is 11.8. The second kappa shape index (κ2) is 13.8. The largest absolute Gasteiger partial charge is 0.492 e. The van der Waals surface area contributed by atoms with Crippen LogP contribution in [0, 0.1) is 5.92 Å². The van der Waals surface area contributed by atoms with E-state index in [4.69, 9.17) is 24.1 Å². The summed E-state index contributed by atoms with van der Waals surface area (Å²) in [4.78, 5) is 25.0. The Labute approximate surface area is 172 Å². The number of benzene rings is 1.